The molecule has 0 aliphatic heterocycles. The smallest absolute Gasteiger partial charge is 0.274 e. The molecule has 0 fully saturated rings. The van der Waals surface area contributed by atoms with Crippen molar-refractivity contribution in [2.24, 2.45) is 7.05 Å². The lowest BCUT2D eigenvalue weighted by Crippen LogP contribution is -2.17. The molecule has 0 bridgehead atoms. The molecule has 2 heterocycles. The summed E-state index contributed by atoms with van der Waals surface area (Å²) in [6, 6.07) is 20.8. The van der Waals surface area contributed by atoms with Crippen LogP contribution in [0.5, 0.6) is 0 Å². The van der Waals surface area contributed by atoms with Gasteiger partial charge in [0.15, 0.2) is 0 Å². The number of pyridine rings is 1. The zero-order chi connectivity index (χ0) is 26.1. The Balaban J connectivity index is 1.37. The number of carbonyl (C=O) groups excluding carboxylic acids is 2. The van der Waals surface area contributed by atoms with Crippen LogP contribution in [0.3, 0.4) is 0 Å². The first-order valence-electron chi connectivity index (χ1n) is 11.4. The highest BCUT2D eigenvalue weighted by molar-refractivity contribution is 6.09. The van der Waals surface area contributed by atoms with Crippen molar-refractivity contribution in [2.45, 2.75) is 0 Å². The van der Waals surface area contributed by atoms with E-state index in [1.807, 2.05) is 0 Å². The van der Waals surface area contributed by atoms with Gasteiger partial charge < -0.3 is 25.9 Å². The Morgan fingerprint density at radius 3 is 2.32 bits per heavy atom. The fraction of sp³-hybridized carbons (Fsp3) is 0.0357. The van der Waals surface area contributed by atoms with Crippen LogP contribution < -0.4 is 21.9 Å². The second-order valence-electron chi connectivity index (χ2n) is 8.51. The molecule has 184 valence electrons. The average molecular weight is 496 g/mol. The van der Waals surface area contributed by atoms with Gasteiger partial charge in [0.25, 0.3) is 17.4 Å². The topological polar surface area (TPSA) is 122 Å². The molecular formula is C28H22FN5O3. The van der Waals surface area contributed by atoms with Gasteiger partial charge in [-0.1, -0.05) is 24.3 Å². The van der Waals surface area contributed by atoms with Crippen molar-refractivity contribution in [3.63, 3.8) is 0 Å². The summed E-state index contributed by atoms with van der Waals surface area (Å²) in [5.74, 6) is -1.17. The maximum absolute atomic E-state index is 13.4. The summed E-state index contributed by atoms with van der Waals surface area (Å²) in [5.41, 5.74) is 9.23. The van der Waals surface area contributed by atoms with Gasteiger partial charge in [-0.15, -0.1) is 0 Å². The molecule has 0 saturated carbocycles. The molecule has 5 N–H and O–H groups in total. The summed E-state index contributed by atoms with van der Waals surface area (Å²) in [6.45, 7) is 0. The average Bonchev–Trinajstić information content (AvgIpc) is 3.35. The SMILES string of the molecule is Cn1cc(-c2ccc(F)cc2)c2cc(C(=O)Nc3ccc(C(=O)Nc4ccccc4N)cc3)[nH]c2c1=O. The van der Waals surface area contributed by atoms with E-state index in [-0.39, 0.29) is 28.5 Å². The first kappa shape index (κ1) is 23.6. The molecule has 0 atom stereocenters. The molecule has 8 nitrogen and oxygen atoms in total. The number of nitrogens with one attached hydrogen (secondary N) is 3. The van der Waals surface area contributed by atoms with E-state index in [1.165, 1.54) is 16.7 Å². The highest BCUT2D eigenvalue weighted by Crippen LogP contribution is 2.28. The molecule has 0 unspecified atom stereocenters. The van der Waals surface area contributed by atoms with Crippen LogP contribution >= 0.6 is 0 Å². The highest BCUT2D eigenvalue weighted by Gasteiger charge is 2.17. The first-order chi connectivity index (χ1) is 17.8. The number of carbonyl (C=O) groups is 2. The quantitative estimate of drug-likeness (QED) is 0.263. The maximum atomic E-state index is 13.4. The Bertz CT molecular complexity index is 1700. The number of rotatable bonds is 5. The third-order valence-corrected chi connectivity index (χ3v) is 5.98. The van der Waals surface area contributed by atoms with E-state index < -0.39 is 5.91 Å². The van der Waals surface area contributed by atoms with E-state index in [0.717, 1.165) is 0 Å². The van der Waals surface area contributed by atoms with E-state index in [9.17, 15) is 18.8 Å². The zero-order valence-electron chi connectivity index (χ0n) is 19.7. The van der Waals surface area contributed by atoms with Gasteiger partial charge in [-0.05, 0) is 60.2 Å². The van der Waals surface area contributed by atoms with E-state index in [2.05, 4.69) is 15.6 Å². The Hall–Kier alpha value is -5.18. The van der Waals surface area contributed by atoms with Gasteiger partial charge in [-0.2, -0.15) is 0 Å². The van der Waals surface area contributed by atoms with Crippen LogP contribution in [0.25, 0.3) is 22.0 Å². The number of anilines is 3. The van der Waals surface area contributed by atoms with Gasteiger partial charge >= 0.3 is 0 Å². The fourth-order valence-electron chi connectivity index (χ4n) is 4.02. The molecule has 3 aromatic carbocycles. The van der Waals surface area contributed by atoms with Crippen LogP contribution in [0, 0.1) is 5.82 Å². The van der Waals surface area contributed by atoms with Crippen molar-refractivity contribution < 1.29 is 14.0 Å². The van der Waals surface area contributed by atoms with Gasteiger partial charge in [0.2, 0.25) is 0 Å². The number of nitrogens with zero attached hydrogens (tertiary/aromatic N) is 1. The molecule has 5 rings (SSSR count). The number of aromatic amines is 1. The van der Waals surface area contributed by atoms with Crippen molar-refractivity contribution in [1.82, 2.24) is 9.55 Å². The van der Waals surface area contributed by atoms with Crippen molar-refractivity contribution in [1.29, 1.82) is 0 Å². The summed E-state index contributed by atoms with van der Waals surface area (Å²) in [7, 11) is 1.61. The van der Waals surface area contributed by atoms with Crippen LogP contribution in [0.4, 0.5) is 21.5 Å². The number of amides is 2. The first-order valence-corrected chi connectivity index (χ1v) is 11.4. The molecule has 0 radical (unpaired) electrons. The Labute approximate surface area is 210 Å². The van der Waals surface area contributed by atoms with Crippen molar-refractivity contribution >= 4 is 39.8 Å². The summed E-state index contributed by atoms with van der Waals surface area (Å²) < 4.78 is 14.8. The molecule has 2 aromatic heterocycles. The van der Waals surface area contributed by atoms with E-state index in [1.54, 1.807) is 80.0 Å². The van der Waals surface area contributed by atoms with Gasteiger partial charge in [0, 0.05) is 35.4 Å². The van der Waals surface area contributed by atoms with Crippen LogP contribution in [0.2, 0.25) is 0 Å². The number of halogens is 1. The van der Waals surface area contributed by atoms with Crippen molar-refractivity contribution in [3.8, 4) is 11.1 Å². The number of aromatic nitrogens is 2. The number of nitrogen functional groups attached to an aromatic ring is 1. The normalized spacial score (nSPS) is 10.9. The number of H-pyrrole nitrogens is 1. The lowest BCUT2D eigenvalue weighted by molar-refractivity contribution is 0.101. The minimum atomic E-state index is -0.461. The predicted octanol–water partition coefficient (Wildman–Crippen LogP) is 4.76. The second kappa shape index (κ2) is 9.46. The lowest BCUT2D eigenvalue weighted by Gasteiger charge is -2.09. The largest absolute Gasteiger partial charge is 0.397 e. The number of benzene rings is 3. The van der Waals surface area contributed by atoms with E-state index >= 15 is 0 Å². The molecule has 0 saturated heterocycles. The summed E-state index contributed by atoms with van der Waals surface area (Å²) in [5, 5.41) is 6.06. The monoisotopic (exact) mass is 495 g/mol. The van der Waals surface area contributed by atoms with Crippen molar-refractivity contribution in [3.05, 3.63) is 112 Å². The molecule has 0 aliphatic rings. The Morgan fingerprint density at radius 1 is 0.919 bits per heavy atom. The van der Waals surface area contributed by atoms with Crippen molar-refractivity contribution in [2.75, 3.05) is 16.4 Å². The van der Waals surface area contributed by atoms with Gasteiger partial charge in [0.05, 0.1) is 11.4 Å². The highest BCUT2D eigenvalue weighted by atomic mass is 19.1. The minimum absolute atomic E-state index is 0.183. The van der Waals surface area contributed by atoms with Gasteiger partial charge in [0.1, 0.15) is 17.0 Å². The molecule has 9 heteroatoms. The van der Waals surface area contributed by atoms with Crippen LogP contribution in [-0.2, 0) is 7.05 Å². The molecular weight excluding hydrogens is 473 g/mol. The van der Waals surface area contributed by atoms with Crippen LogP contribution in [0.15, 0.2) is 89.9 Å². The lowest BCUT2D eigenvalue weighted by atomic mass is 10.0. The summed E-state index contributed by atoms with van der Waals surface area (Å²) in [6.07, 6.45) is 1.65. The molecule has 0 spiro atoms. The molecule has 2 amide bonds. The Morgan fingerprint density at radius 2 is 1.62 bits per heavy atom. The number of hydrogen-bond acceptors (Lipinski definition) is 4. The fourth-order valence-corrected chi connectivity index (χ4v) is 4.02. The van der Waals surface area contributed by atoms with Gasteiger partial charge in [-0.3, -0.25) is 14.4 Å². The third kappa shape index (κ3) is 4.70. The number of nitrogens with two attached hydrogens (primary N) is 1. The molecule has 5 aromatic rings. The number of para-hydroxylation sites is 2. The standard InChI is InChI=1S/C28H22FN5O3/c1-34-15-21(16-6-10-18(29)11-7-16)20-14-24(32-25(20)28(34)37)27(36)31-19-12-8-17(9-13-19)26(35)33-23-5-3-2-4-22(23)30/h2-15,32H,30H2,1H3,(H,31,36)(H,33,35). The van der Waals surface area contributed by atoms with Crippen LogP contribution in [-0.4, -0.2) is 21.4 Å². The van der Waals surface area contributed by atoms with E-state index in [0.29, 0.717) is 39.1 Å². The number of aryl methyl sites for hydroxylation is 1. The predicted molar refractivity (Wildman–Crippen MR) is 142 cm³/mol. The Kier molecular flexibility index (Phi) is 6.02. The summed E-state index contributed by atoms with van der Waals surface area (Å²) in [4.78, 5) is 41.1. The summed E-state index contributed by atoms with van der Waals surface area (Å²) >= 11 is 0. The number of fused-ring (bicyclic) bond motifs is 1. The number of hydrogen-bond donors (Lipinski definition) is 4. The second-order valence-corrected chi connectivity index (χ2v) is 8.51. The van der Waals surface area contributed by atoms with Crippen LogP contribution in [0.1, 0.15) is 20.8 Å². The van der Waals surface area contributed by atoms with E-state index in [4.69, 9.17) is 5.73 Å². The minimum Gasteiger partial charge on any atom is -0.397 e. The third-order valence-electron chi connectivity index (χ3n) is 5.98. The molecule has 37 heavy (non-hydrogen) atoms. The molecule has 0 aliphatic carbocycles. The maximum Gasteiger partial charge on any atom is 0.274 e. The zero-order valence-corrected chi connectivity index (χ0v) is 19.7. The van der Waals surface area contributed by atoms with Gasteiger partial charge in [-0.25, -0.2) is 4.39 Å².